The fraction of sp³-hybridized carbons (Fsp3) is 0.857. The molecule has 2 unspecified atom stereocenters. The number of fused-ring (bicyclic) bond motifs is 2. The smallest absolute Gasteiger partial charge is 0.309 e. The molecule has 5 nitrogen and oxygen atoms in total. The first-order chi connectivity index (χ1) is 16.2. The average molecular weight is 462 g/mol. The van der Waals surface area contributed by atoms with Gasteiger partial charge in [-0.15, -0.1) is 0 Å². The summed E-state index contributed by atoms with van der Waals surface area (Å²) < 4.78 is 11.2. The Hall–Kier alpha value is -1.36. The number of hydrogen-bond acceptors (Lipinski definition) is 4. The molecule has 2 aliphatic carbocycles. The molecule has 1 amide bonds. The summed E-state index contributed by atoms with van der Waals surface area (Å²) in [6.45, 7) is 2.97. The van der Waals surface area contributed by atoms with Crippen LogP contribution in [0, 0.1) is 17.8 Å². The number of epoxide rings is 1. The van der Waals surface area contributed by atoms with Crippen LogP contribution in [-0.4, -0.2) is 37.2 Å². The highest BCUT2D eigenvalue weighted by Crippen LogP contribution is 2.43. The molecule has 1 saturated carbocycles. The second kappa shape index (κ2) is 14.8. The molecule has 3 aliphatic rings. The van der Waals surface area contributed by atoms with Crippen molar-refractivity contribution >= 4 is 11.9 Å². The van der Waals surface area contributed by atoms with E-state index in [0.717, 1.165) is 25.7 Å². The lowest BCUT2D eigenvalue weighted by Gasteiger charge is -2.16. The lowest BCUT2D eigenvalue weighted by atomic mass is 9.94. The van der Waals surface area contributed by atoms with Crippen molar-refractivity contribution in [3.63, 3.8) is 0 Å². The van der Waals surface area contributed by atoms with Gasteiger partial charge < -0.3 is 14.8 Å². The quantitative estimate of drug-likeness (QED) is 0.109. The Balaban J connectivity index is 1.05. The minimum absolute atomic E-state index is 0.0355. The van der Waals surface area contributed by atoms with Crippen LogP contribution in [0.25, 0.3) is 0 Å². The van der Waals surface area contributed by atoms with E-state index in [9.17, 15) is 9.59 Å². The third-order valence-corrected chi connectivity index (χ3v) is 7.67. The van der Waals surface area contributed by atoms with Gasteiger partial charge in [-0.2, -0.15) is 0 Å². The normalized spacial score (nSPS) is 27.1. The van der Waals surface area contributed by atoms with Gasteiger partial charge in [0.05, 0.1) is 24.7 Å². The first-order valence-corrected chi connectivity index (χ1v) is 13.9. The van der Waals surface area contributed by atoms with Crippen LogP contribution in [0.5, 0.6) is 0 Å². The molecule has 0 aromatic heterocycles. The largest absolute Gasteiger partial charge is 0.464 e. The summed E-state index contributed by atoms with van der Waals surface area (Å²) in [5, 5.41) is 2.88. The molecule has 1 saturated heterocycles. The number of allylic oxidation sites excluding steroid dienone is 2. The van der Waals surface area contributed by atoms with E-state index in [1.165, 1.54) is 70.6 Å². The standard InChI is InChI=1S/C28H47NO4/c1-2-3-4-5-7-10-13-25-26(33-25)14-11-8-6-9-12-15-27(30)29-18-19-32-28(31)24-21-22-16-17-23(24)20-22/h16-17,22-26H,2-15,18-21H2,1H3,(H,29,30)/t22-,23+,24+,25?,26?/m1/s1. The summed E-state index contributed by atoms with van der Waals surface area (Å²) >= 11 is 0. The number of amides is 1. The number of hydrogen-bond donors (Lipinski definition) is 1. The summed E-state index contributed by atoms with van der Waals surface area (Å²) in [5.41, 5.74) is 0. The van der Waals surface area contributed by atoms with Crippen molar-refractivity contribution in [2.24, 2.45) is 17.8 Å². The lowest BCUT2D eigenvalue weighted by molar-refractivity contribution is -0.149. The van der Waals surface area contributed by atoms with Gasteiger partial charge in [-0.3, -0.25) is 9.59 Å². The summed E-state index contributed by atoms with van der Waals surface area (Å²) in [6.07, 6.45) is 24.4. The third kappa shape index (κ3) is 9.80. The Labute approximate surface area is 201 Å². The highest BCUT2D eigenvalue weighted by Gasteiger charge is 2.40. The number of nitrogens with one attached hydrogen (secondary N) is 1. The van der Waals surface area contributed by atoms with Gasteiger partial charge in [0.1, 0.15) is 6.61 Å². The fourth-order valence-corrected chi connectivity index (χ4v) is 5.56. The van der Waals surface area contributed by atoms with Gasteiger partial charge >= 0.3 is 5.97 Å². The number of carbonyl (C=O) groups is 2. The van der Waals surface area contributed by atoms with Crippen molar-refractivity contribution in [3.05, 3.63) is 12.2 Å². The van der Waals surface area contributed by atoms with E-state index in [2.05, 4.69) is 24.4 Å². The summed E-state index contributed by atoms with van der Waals surface area (Å²) in [7, 11) is 0. The lowest BCUT2D eigenvalue weighted by Crippen LogP contribution is -2.29. The second-order valence-electron chi connectivity index (χ2n) is 10.5. The Morgan fingerprint density at radius 3 is 2.18 bits per heavy atom. The summed E-state index contributed by atoms with van der Waals surface area (Å²) in [4.78, 5) is 24.1. The van der Waals surface area contributed by atoms with Crippen molar-refractivity contribution in [1.29, 1.82) is 0 Å². The molecule has 5 heteroatoms. The van der Waals surface area contributed by atoms with E-state index in [1.54, 1.807) is 0 Å². The average Bonchev–Trinajstić information content (AvgIpc) is 3.20. The SMILES string of the molecule is CCCCCCCCC1OC1CCCCCCCC(=O)NCCOC(=O)[C@H]1C[C@@H]2C=C[C@H]1C2. The number of ether oxygens (including phenoxy) is 2. The van der Waals surface area contributed by atoms with Gasteiger partial charge in [-0.1, -0.05) is 83.3 Å². The molecular weight excluding hydrogens is 414 g/mol. The van der Waals surface area contributed by atoms with Crippen molar-refractivity contribution in [2.75, 3.05) is 13.2 Å². The topological polar surface area (TPSA) is 67.9 Å². The van der Waals surface area contributed by atoms with Gasteiger partial charge in [0.15, 0.2) is 0 Å². The van der Waals surface area contributed by atoms with E-state index >= 15 is 0 Å². The van der Waals surface area contributed by atoms with Crippen LogP contribution in [0.3, 0.4) is 0 Å². The maximum atomic E-state index is 12.2. The first kappa shape index (κ1) is 26.2. The zero-order chi connectivity index (χ0) is 23.3. The molecule has 3 rings (SSSR count). The van der Waals surface area contributed by atoms with Gasteiger partial charge in [-0.05, 0) is 43.9 Å². The fourth-order valence-electron chi connectivity index (χ4n) is 5.56. The molecule has 1 heterocycles. The van der Waals surface area contributed by atoms with Crippen LogP contribution in [0.4, 0.5) is 0 Å². The van der Waals surface area contributed by atoms with Gasteiger partial charge in [0.2, 0.25) is 5.91 Å². The molecule has 33 heavy (non-hydrogen) atoms. The Kier molecular flexibility index (Phi) is 11.8. The zero-order valence-corrected chi connectivity index (χ0v) is 20.9. The number of unbranched alkanes of at least 4 members (excludes halogenated alkanes) is 9. The molecule has 188 valence electrons. The van der Waals surface area contributed by atoms with E-state index in [4.69, 9.17) is 9.47 Å². The Morgan fingerprint density at radius 2 is 1.55 bits per heavy atom. The Morgan fingerprint density at radius 1 is 0.879 bits per heavy atom. The maximum absolute atomic E-state index is 12.2. The number of carbonyl (C=O) groups excluding carboxylic acids is 2. The van der Waals surface area contributed by atoms with E-state index < -0.39 is 0 Å². The predicted molar refractivity (Wildman–Crippen MR) is 132 cm³/mol. The van der Waals surface area contributed by atoms with Crippen LogP contribution >= 0.6 is 0 Å². The number of rotatable bonds is 19. The Bertz CT molecular complexity index is 619. The minimum atomic E-state index is -0.0913. The van der Waals surface area contributed by atoms with Gasteiger partial charge in [-0.25, -0.2) is 0 Å². The zero-order valence-electron chi connectivity index (χ0n) is 20.9. The molecule has 0 spiro atoms. The summed E-state index contributed by atoms with van der Waals surface area (Å²) in [6, 6.07) is 0. The van der Waals surface area contributed by atoms with Gasteiger partial charge in [0, 0.05) is 6.42 Å². The molecular formula is C28H47NO4. The van der Waals surface area contributed by atoms with E-state index in [-0.39, 0.29) is 24.4 Å². The molecule has 1 aliphatic heterocycles. The van der Waals surface area contributed by atoms with Crippen molar-refractivity contribution in [3.8, 4) is 0 Å². The highest BCUT2D eigenvalue weighted by molar-refractivity contribution is 5.76. The highest BCUT2D eigenvalue weighted by atomic mass is 16.6. The van der Waals surface area contributed by atoms with Crippen molar-refractivity contribution in [2.45, 2.75) is 122 Å². The van der Waals surface area contributed by atoms with Crippen LogP contribution in [0.15, 0.2) is 12.2 Å². The number of esters is 1. The van der Waals surface area contributed by atoms with E-state index in [0.29, 0.717) is 37.0 Å². The molecule has 2 bridgehead atoms. The molecule has 0 aromatic carbocycles. The minimum Gasteiger partial charge on any atom is -0.464 e. The van der Waals surface area contributed by atoms with Crippen molar-refractivity contribution < 1.29 is 19.1 Å². The second-order valence-corrected chi connectivity index (χ2v) is 10.5. The summed E-state index contributed by atoms with van der Waals surface area (Å²) in [5.74, 6) is 0.958. The first-order valence-electron chi connectivity index (χ1n) is 13.9. The molecule has 2 fully saturated rings. The van der Waals surface area contributed by atoms with E-state index in [1.807, 2.05) is 0 Å². The molecule has 1 N–H and O–H groups in total. The van der Waals surface area contributed by atoms with Gasteiger partial charge in [0.25, 0.3) is 0 Å². The molecule has 5 atom stereocenters. The van der Waals surface area contributed by atoms with Crippen molar-refractivity contribution in [1.82, 2.24) is 5.32 Å². The maximum Gasteiger partial charge on any atom is 0.309 e. The third-order valence-electron chi connectivity index (χ3n) is 7.67. The monoisotopic (exact) mass is 461 g/mol. The molecule has 0 aromatic rings. The molecule has 0 radical (unpaired) electrons. The van der Waals surface area contributed by atoms with Crippen LogP contribution in [0.1, 0.15) is 110 Å². The predicted octanol–water partition coefficient (Wildman–Crippen LogP) is 6.11. The van der Waals surface area contributed by atoms with Crippen LogP contribution < -0.4 is 5.32 Å². The van der Waals surface area contributed by atoms with Crippen LogP contribution in [-0.2, 0) is 19.1 Å². The van der Waals surface area contributed by atoms with Crippen LogP contribution in [0.2, 0.25) is 0 Å².